The fraction of sp³-hybridized carbons (Fsp3) is 0.500. The summed E-state index contributed by atoms with van der Waals surface area (Å²) in [6.07, 6.45) is -4.91. The van der Waals surface area contributed by atoms with Crippen molar-refractivity contribution in [1.82, 2.24) is 0 Å². The molecular weight excluding hydrogens is 301 g/mol. The van der Waals surface area contributed by atoms with Crippen LogP contribution >= 0.6 is 0 Å². The maximum absolute atomic E-state index is 12.3. The van der Waals surface area contributed by atoms with Gasteiger partial charge < -0.3 is 20.5 Å². The lowest BCUT2D eigenvalue weighted by molar-refractivity contribution is -0.153. The van der Waals surface area contributed by atoms with E-state index in [4.69, 9.17) is 15.2 Å². The Kier molecular flexibility index (Phi) is 6.63. The van der Waals surface area contributed by atoms with Gasteiger partial charge in [0.15, 0.2) is 6.61 Å². The van der Waals surface area contributed by atoms with Crippen LogP contribution in [0, 0.1) is 6.92 Å². The fourth-order valence-corrected chi connectivity index (χ4v) is 1.68. The van der Waals surface area contributed by atoms with E-state index in [0.29, 0.717) is 5.56 Å². The number of amides is 1. The molecule has 22 heavy (non-hydrogen) atoms. The summed E-state index contributed by atoms with van der Waals surface area (Å²) in [5.74, 6) is -0.453. The summed E-state index contributed by atoms with van der Waals surface area (Å²) in [7, 11) is 1.43. The molecule has 0 heterocycles. The van der Waals surface area contributed by atoms with Gasteiger partial charge in [-0.3, -0.25) is 4.79 Å². The number of alkyl halides is 3. The van der Waals surface area contributed by atoms with Crippen molar-refractivity contribution in [2.45, 2.75) is 25.6 Å². The van der Waals surface area contributed by atoms with Crippen LogP contribution in [-0.4, -0.2) is 38.4 Å². The van der Waals surface area contributed by atoms with Gasteiger partial charge >= 0.3 is 6.18 Å². The lowest BCUT2D eigenvalue weighted by Crippen LogP contribution is -2.28. The van der Waals surface area contributed by atoms with Gasteiger partial charge in [0.1, 0.15) is 5.75 Å². The van der Waals surface area contributed by atoms with E-state index in [1.165, 1.54) is 19.2 Å². The second-order valence-corrected chi connectivity index (χ2v) is 4.75. The third-order valence-electron chi connectivity index (χ3n) is 2.81. The summed E-state index contributed by atoms with van der Waals surface area (Å²) in [4.78, 5) is 11.9. The Labute approximate surface area is 126 Å². The zero-order valence-electron chi connectivity index (χ0n) is 12.4. The summed E-state index contributed by atoms with van der Waals surface area (Å²) < 4.78 is 46.5. The Bertz CT molecular complexity index is 503. The van der Waals surface area contributed by atoms with Crippen LogP contribution in [0.1, 0.15) is 12.0 Å². The van der Waals surface area contributed by atoms with Crippen LogP contribution < -0.4 is 15.8 Å². The van der Waals surface area contributed by atoms with Crippen molar-refractivity contribution in [3.05, 3.63) is 23.8 Å². The molecule has 0 aliphatic heterocycles. The van der Waals surface area contributed by atoms with Crippen molar-refractivity contribution in [1.29, 1.82) is 0 Å². The van der Waals surface area contributed by atoms with Crippen LogP contribution in [0.15, 0.2) is 18.2 Å². The van der Waals surface area contributed by atoms with Crippen molar-refractivity contribution >= 4 is 11.6 Å². The SMILES string of the molecule is COC(CN)CC(=O)Nc1ccc(C)cc1OCC(F)(F)F. The number of methoxy groups -OCH3 is 1. The molecule has 1 amide bonds. The van der Waals surface area contributed by atoms with Crippen LogP contribution in [0.5, 0.6) is 5.75 Å². The molecule has 1 atom stereocenters. The molecule has 3 N–H and O–H groups in total. The lowest BCUT2D eigenvalue weighted by Gasteiger charge is -2.16. The highest BCUT2D eigenvalue weighted by atomic mass is 19.4. The molecule has 0 saturated carbocycles. The van der Waals surface area contributed by atoms with Crippen LogP contribution in [0.2, 0.25) is 0 Å². The summed E-state index contributed by atoms with van der Waals surface area (Å²) in [5, 5.41) is 2.51. The number of carbonyl (C=O) groups is 1. The summed E-state index contributed by atoms with van der Waals surface area (Å²) in [6.45, 7) is 0.444. The minimum absolute atomic E-state index is 0.000409. The standard InChI is InChI=1S/C14H19F3N2O3/c1-9-3-4-11(12(5-9)22-8-14(15,16)17)19-13(20)6-10(7-18)21-2/h3-5,10H,6-8,18H2,1-2H3,(H,19,20). The second kappa shape index (κ2) is 8.00. The van der Waals surface area contributed by atoms with Gasteiger partial charge in [0.05, 0.1) is 18.2 Å². The van der Waals surface area contributed by atoms with E-state index in [1.807, 2.05) is 0 Å². The number of halogens is 3. The normalized spacial score (nSPS) is 12.8. The Morgan fingerprint density at radius 1 is 1.41 bits per heavy atom. The van der Waals surface area contributed by atoms with Gasteiger partial charge in [-0.25, -0.2) is 0 Å². The molecule has 0 bridgehead atoms. The molecule has 1 aromatic carbocycles. The molecule has 0 aliphatic carbocycles. The van der Waals surface area contributed by atoms with E-state index in [1.54, 1.807) is 13.0 Å². The molecule has 1 unspecified atom stereocenters. The van der Waals surface area contributed by atoms with Crippen LogP contribution in [0.4, 0.5) is 18.9 Å². The number of nitrogens with one attached hydrogen (secondary N) is 1. The molecule has 0 saturated heterocycles. The Hall–Kier alpha value is -1.80. The number of hydrogen-bond acceptors (Lipinski definition) is 4. The molecule has 0 spiro atoms. The average molecular weight is 320 g/mol. The van der Waals surface area contributed by atoms with Crippen molar-refractivity contribution in [3.8, 4) is 5.75 Å². The molecule has 1 rings (SSSR count). The number of benzene rings is 1. The van der Waals surface area contributed by atoms with E-state index in [2.05, 4.69) is 5.32 Å². The molecule has 0 fully saturated rings. The van der Waals surface area contributed by atoms with E-state index in [9.17, 15) is 18.0 Å². The summed E-state index contributed by atoms with van der Waals surface area (Å²) >= 11 is 0. The van der Waals surface area contributed by atoms with Crippen molar-refractivity contribution in [2.24, 2.45) is 5.73 Å². The highest BCUT2D eigenvalue weighted by molar-refractivity contribution is 5.92. The molecule has 0 aliphatic rings. The second-order valence-electron chi connectivity index (χ2n) is 4.75. The highest BCUT2D eigenvalue weighted by Crippen LogP contribution is 2.28. The smallest absolute Gasteiger partial charge is 0.422 e. The minimum Gasteiger partial charge on any atom is -0.482 e. The van der Waals surface area contributed by atoms with Gasteiger partial charge in [0.2, 0.25) is 5.91 Å². The fourth-order valence-electron chi connectivity index (χ4n) is 1.68. The number of nitrogens with two attached hydrogens (primary N) is 1. The molecule has 1 aromatic rings. The zero-order valence-corrected chi connectivity index (χ0v) is 12.4. The Morgan fingerprint density at radius 3 is 2.64 bits per heavy atom. The number of anilines is 1. The molecule has 0 aromatic heterocycles. The lowest BCUT2D eigenvalue weighted by atomic mass is 10.2. The quantitative estimate of drug-likeness (QED) is 0.808. The first-order chi connectivity index (χ1) is 10.2. The predicted molar refractivity (Wildman–Crippen MR) is 75.8 cm³/mol. The third kappa shape index (κ3) is 6.31. The van der Waals surface area contributed by atoms with Gasteiger partial charge in [0.25, 0.3) is 0 Å². The number of ether oxygens (including phenoxy) is 2. The monoisotopic (exact) mass is 320 g/mol. The Morgan fingerprint density at radius 2 is 2.09 bits per heavy atom. The van der Waals surface area contributed by atoms with Gasteiger partial charge in [-0.2, -0.15) is 13.2 Å². The first-order valence-corrected chi connectivity index (χ1v) is 6.58. The van der Waals surface area contributed by atoms with E-state index < -0.39 is 24.8 Å². The predicted octanol–water partition coefficient (Wildman–Crippen LogP) is 2.24. The summed E-state index contributed by atoms with van der Waals surface area (Å²) in [6, 6.07) is 4.58. The maximum Gasteiger partial charge on any atom is 0.422 e. The van der Waals surface area contributed by atoms with Crippen LogP contribution in [0.25, 0.3) is 0 Å². The molecule has 8 heteroatoms. The Balaban J connectivity index is 2.79. The van der Waals surface area contributed by atoms with E-state index in [-0.39, 0.29) is 24.4 Å². The molecule has 0 radical (unpaired) electrons. The number of aryl methyl sites for hydroxylation is 1. The van der Waals surface area contributed by atoms with Gasteiger partial charge in [0, 0.05) is 13.7 Å². The van der Waals surface area contributed by atoms with Gasteiger partial charge in [-0.1, -0.05) is 6.07 Å². The van der Waals surface area contributed by atoms with E-state index in [0.717, 1.165) is 0 Å². The average Bonchev–Trinajstić information content (AvgIpc) is 2.44. The first-order valence-electron chi connectivity index (χ1n) is 6.58. The molecule has 124 valence electrons. The van der Waals surface area contributed by atoms with Gasteiger partial charge in [-0.15, -0.1) is 0 Å². The molecule has 5 nitrogen and oxygen atoms in total. The minimum atomic E-state index is -4.45. The molecular formula is C14H19F3N2O3. The number of hydrogen-bond donors (Lipinski definition) is 2. The number of rotatable bonds is 7. The first kappa shape index (κ1) is 18.2. The van der Waals surface area contributed by atoms with E-state index >= 15 is 0 Å². The third-order valence-corrected chi connectivity index (χ3v) is 2.81. The van der Waals surface area contributed by atoms with Crippen molar-refractivity contribution in [2.75, 3.05) is 25.6 Å². The maximum atomic E-state index is 12.3. The van der Waals surface area contributed by atoms with Gasteiger partial charge in [-0.05, 0) is 24.6 Å². The van der Waals surface area contributed by atoms with Crippen molar-refractivity contribution in [3.63, 3.8) is 0 Å². The van der Waals surface area contributed by atoms with Crippen LogP contribution in [0.3, 0.4) is 0 Å². The van der Waals surface area contributed by atoms with Crippen molar-refractivity contribution < 1.29 is 27.4 Å². The number of carbonyl (C=O) groups excluding carboxylic acids is 1. The largest absolute Gasteiger partial charge is 0.482 e. The zero-order chi connectivity index (χ0) is 16.8. The highest BCUT2D eigenvalue weighted by Gasteiger charge is 2.29. The summed E-state index contributed by atoms with van der Waals surface area (Å²) in [5.41, 5.74) is 6.30. The topological polar surface area (TPSA) is 73.6 Å². The van der Waals surface area contributed by atoms with Crippen LogP contribution in [-0.2, 0) is 9.53 Å².